The summed E-state index contributed by atoms with van der Waals surface area (Å²) in [4.78, 5) is 2.42. The van der Waals surface area contributed by atoms with Crippen molar-refractivity contribution in [2.45, 2.75) is 18.9 Å². The maximum Gasteiger partial charge on any atom is 0.0478 e. The van der Waals surface area contributed by atoms with Crippen molar-refractivity contribution in [1.82, 2.24) is 0 Å². The SMILES string of the molecule is C=C[C@@H](N)c1ccc(N2CCCC2)cc1.Cl. The van der Waals surface area contributed by atoms with E-state index in [-0.39, 0.29) is 18.4 Å². The smallest absolute Gasteiger partial charge is 0.0478 e. The van der Waals surface area contributed by atoms with Gasteiger partial charge in [0.2, 0.25) is 0 Å². The molecule has 2 rings (SSSR count). The Bertz CT molecular complexity index is 328. The highest BCUT2D eigenvalue weighted by atomic mass is 35.5. The molecule has 1 aromatic rings. The van der Waals surface area contributed by atoms with E-state index in [2.05, 4.69) is 35.7 Å². The molecule has 2 nitrogen and oxygen atoms in total. The topological polar surface area (TPSA) is 29.3 Å². The van der Waals surface area contributed by atoms with Crippen LogP contribution in [-0.4, -0.2) is 13.1 Å². The van der Waals surface area contributed by atoms with Gasteiger partial charge in [-0.2, -0.15) is 0 Å². The second-order valence-corrected chi connectivity index (χ2v) is 4.05. The normalized spacial score (nSPS) is 16.7. The van der Waals surface area contributed by atoms with Gasteiger partial charge in [0.25, 0.3) is 0 Å². The zero-order chi connectivity index (χ0) is 10.7. The Kier molecular flexibility index (Phi) is 4.84. The first kappa shape index (κ1) is 13.1. The molecule has 0 spiro atoms. The lowest BCUT2D eigenvalue weighted by molar-refractivity contribution is 0.910. The summed E-state index contributed by atoms with van der Waals surface area (Å²) >= 11 is 0. The van der Waals surface area contributed by atoms with Gasteiger partial charge in [-0.3, -0.25) is 0 Å². The highest BCUT2D eigenvalue weighted by Crippen LogP contribution is 2.22. The van der Waals surface area contributed by atoms with Crippen LogP contribution in [0, 0.1) is 0 Å². The largest absolute Gasteiger partial charge is 0.372 e. The first-order chi connectivity index (χ1) is 7.31. The Hall–Kier alpha value is -0.990. The van der Waals surface area contributed by atoms with Gasteiger partial charge in [0.15, 0.2) is 0 Å². The van der Waals surface area contributed by atoms with E-state index in [4.69, 9.17) is 5.73 Å². The molecular formula is C13H19ClN2. The number of benzene rings is 1. The second-order valence-electron chi connectivity index (χ2n) is 4.05. The van der Waals surface area contributed by atoms with Gasteiger partial charge >= 0.3 is 0 Å². The van der Waals surface area contributed by atoms with E-state index >= 15 is 0 Å². The van der Waals surface area contributed by atoms with Crippen LogP contribution in [0.1, 0.15) is 24.4 Å². The molecule has 3 heteroatoms. The van der Waals surface area contributed by atoms with Gasteiger partial charge in [-0.1, -0.05) is 18.2 Å². The monoisotopic (exact) mass is 238 g/mol. The van der Waals surface area contributed by atoms with Crippen LogP contribution < -0.4 is 10.6 Å². The fourth-order valence-corrected chi connectivity index (χ4v) is 2.02. The molecule has 0 amide bonds. The molecule has 0 aromatic heterocycles. The molecular weight excluding hydrogens is 220 g/mol. The van der Waals surface area contributed by atoms with Gasteiger partial charge in [-0.15, -0.1) is 19.0 Å². The summed E-state index contributed by atoms with van der Waals surface area (Å²) in [5.74, 6) is 0. The Balaban J connectivity index is 0.00000128. The fourth-order valence-electron chi connectivity index (χ4n) is 2.02. The van der Waals surface area contributed by atoms with E-state index in [1.165, 1.54) is 31.6 Å². The van der Waals surface area contributed by atoms with Crippen molar-refractivity contribution in [3.8, 4) is 0 Å². The Morgan fingerprint density at radius 1 is 1.19 bits per heavy atom. The highest BCUT2D eigenvalue weighted by molar-refractivity contribution is 5.85. The molecule has 1 aliphatic rings. The molecule has 0 radical (unpaired) electrons. The molecule has 16 heavy (non-hydrogen) atoms. The van der Waals surface area contributed by atoms with E-state index in [0.717, 1.165) is 5.56 Å². The standard InChI is InChI=1S/C13H18N2.ClH/c1-2-13(14)11-5-7-12(8-6-11)15-9-3-4-10-15;/h2,5-8,13H,1,3-4,9-10,14H2;1H/t13-;/m1./s1. The lowest BCUT2D eigenvalue weighted by Gasteiger charge is -2.18. The Morgan fingerprint density at radius 2 is 1.75 bits per heavy atom. The van der Waals surface area contributed by atoms with Crippen molar-refractivity contribution in [3.05, 3.63) is 42.5 Å². The van der Waals surface area contributed by atoms with Crippen molar-refractivity contribution in [3.63, 3.8) is 0 Å². The number of anilines is 1. The van der Waals surface area contributed by atoms with Gasteiger partial charge in [0.1, 0.15) is 0 Å². The number of nitrogens with zero attached hydrogens (tertiary/aromatic N) is 1. The van der Waals surface area contributed by atoms with Crippen LogP contribution in [0.3, 0.4) is 0 Å². The van der Waals surface area contributed by atoms with E-state index in [9.17, 15) is 0 Å². The van der Waals surface area contributed by atoms with Crippen LogP contribution >= 0.6 is 12.4 Å². The minimum atomic E-state index is -0.0439. The summed E-state index contributed by atoms with van der Waals surface area (Å²) in [7, 11) is 0. The van der Waals surface area contributed by atoms with Gasteiger partial charge in [-0.05, 0) is 30.5 Å². The summed E-state index contributed by atoms with van der Waals surface area (Å²) in [6.45, 7) is 6.08. The van der Waals surface area contributed by atoms with E-state index in [1.54, 1.807) is 6.08 Å². The first-order valence-corrected chi connectivity index (χ1v) is 5.54. The Labute approximate surface area is 104 Å². The van der Waals surface area contributed by atoms with Crippen molar-refractivity contribution in [2.24, 2.45) is 5.73 Å². The summed E-state index contributed by atoms with van der Waals surface area (Å²) in [5, 5.41) is 0. The van der Waals surface area contributed by atoms with E-state index in [1.807, 2.05) is 0 Å². The van der Waals surface area contributed by atoms with Gasteiger partial charge in [-0.25, -0.2) is 0 Å². The molecule has 1 heterocycles. The summed E-state index contributed by atoms with van der Waals surface area (Å²) in [6, 6.07) is 8.46. The third-order valence-electron chi connectivity index (χ3n) is 3.00. The predicted octanol–water partition coefficient (Wildman–Crippen LogP) is 2.89. The molecule has 2 N–H and O–H groups in total. The first-order valence-electron chi connectivity index (χ1n) is 5.54. The lowest BCUT2D eigenvalue weighted by Crippen LogP contribution is -2.17. The highest BCUT2D eigenvalue weighted by Gasteiger charge is 2.12. The third kappa shape index (κ3) is 2.77. The molecule has 1 fully saturated rings. The Morgan fingerprint density at radius 3 is 2.25 bits per heavy atom. The number of hydrogen-bond donors (Lipinski definition) is 1. The van der Waals surface area contributed by atoms with Crippen molar-refractivity contribution in [2.75, 3.05) is 18.0 Å². The number of rotatable bonds is 3. The van der Waals surface area contributed by atoms with Crippen molar-refractivity contribution in [1.29, 1.82) is 0 Å². The number of nitrogens with two attached hydrogens (primary N) is 1. The molecule has 1 aliphatic heterocycles. The predicted molar refractivity (Wildman–Crippen MR) is 72.3 cm³/mol. The molecule has 1 saturated heterocycles. The van der Waals surface area contributed by atoms with Crippen LogP contribution in [-0.2, 0) is 0 Å². The van der Waals surface area contributed by atoms with Crippen LogP contribution in [0.25, 0.3) is 0 Å². The molecule has 88 valence electrons. The van der Waals surface area contributed by atoms with Crippen molar-refractivity contribution >= 4 is 18.1 Å². The summed E-state index contributed by atoms with van der Waals surface area (Å²) in [6.07, 6.45) is 4.40. The second kappa shape index (κ2) is 5.92. The number of halogens is 1. The van der Waals surface area contributed by atoms with E-state index in [0.29, 0.717) is 0 Å². The molecule has 1 atom stereocenters. The minimum Gasteiger partial charge on any atom is -0.372 e. The summed E-state index contributed by atoms with van der Waals surface area (Å²) in [5.41, 5.74) is 8.31. The molecule has 0 bridgehead atoms. The van der Waals surface area contributed by atoms with E-state index < -0.39 is 0 Å². The zero-order valence-corrected chi connectivity index (χ0v) is 10.2. The van der Waals surface area contributed by atoms with Gasteiger partial charge < -0.3 is 10.6 Å². The minimum absolute atomic E-state index is 0. The summed E-state index contributed by atoms with van der Waals surface area (Å²) < 4.78 is 0. The molecule has 0 aliphatic carbocycles. The van der Waals surface area contributed by atoms with Gasteiger partial charge in [0, 0.05) is 24.8 Å². The van der Waals surface area contributed by atoms with Crippen LogP contribution in [0.15, 0.2) is 36.9 Å². The maximum absolute atomic E-state index is 5.87. The number of hydrogen-bond acceptors (Lipinski definition) is 2. The third-order valence-corrected chi connectivity index (χ3v) is 3.00. The zero-order valence-electron chi connectivity index (χ0n) is 9.43. The average Bonchev–Trinajstić information content (AvgIpc) is 2.82. The fraction of sp³-hybridized carbons (Fsp3) is 0.385. The van der Waals surface area contributed by atoms with Crippen molar-refractivity contribution < 1.29 is 0 Å². The average molecular weight is 239 g/mol. The van der Waals surface area contributed by atoms with Crippen LogP contribution in [0.5, 0.6) is 0 Å². The van der Waals surface area contributed by atoms with Crippen LogP contribution in [0.2, 0.25) is 0 Å². The maximum atomic E-state index is 5.87. The lowest BCUT2D eigenvalue weighted by atomic mass is 10.1. The molecule has 0 saturated carbocycles. The molecule has 1 aromatic carbocycles. The van der Waals surface area contributed by atoms with Crippen LogP contribution in [0.4, 0.5) is 5.69 Å². The quantitative estimate of drug-likeness (QED) is 0.821. The van der Waals surface area contributed by atoms with Gasteiger partial charge in [0.05, 0.1) is 0 Å². The molecule has 0 unspecified atom stereocenters.